The van der Waals surface area contributed by atoms with Gasteiger partial charge in [-0.2, -0.15) is 0 Å². The van der Waals surface area contributed by atoms with Crippen LogP contribution in [0.1, 0.15) is 20.3 Å². The molecule has 0 aromatic carbocycles. The molecule has 6 nitrogen and oxygen atoms in total. The smallest absolute Gasteiger partial charge is 0.229 e. The summed E-state index contributed by atoms with van der Waals surface area (Å²) in [6, 6.07) is 1.69. The largest absolute Gasteiger partial charge is 0.494 e. The molecule has 2 N–H and O–H groups in total. The molecular weight excluding hydrogens is 316 g/mol. The maximum Gasteiger partial charge on any atom is 0.229 e. The number of anilines is 1. The Hall–Kier alpha value is -1.10. The van der Waals surface area contributed by atoms with Gasteiger partial charge >= 0.3 is 0 Å². The Morgan fingerprint density at radius 3 is 2.45 bits per heavy atom. The molecule has 4 radical (unpaired) electrons. The Bertz CT molecular complexity index is 454. The molecular formula is C14H24N2O4Si2. The lowest BCUT2D eigenvalue weighted by Gasteiger charge is -2.33. The van der Waals surface area contributed by atoms with Crippen LogP contribution in [-0.2, 0) is 8.85 Å². The van der Waals surface area contributed by atoms with Gasteiger partial charge in [0.2, 0.25) is 25.4 Å². The Labute approximate surface area is 137 Å². The molecule has 1 aromatic heterocycles. The second-order valence-electron chi connectivity index (χ2n) is 5.33. The fourth-order valence-electron chi connectivity index (χ4n) is 1.78. The minimum absolute atomic E-state index is 0.149. The number of nitrogen functional groups attached to an aromatic ring is 1. The van der Waals surface area contributed by atoms with Crippen LogP contribution >= 0.6 is 0 Å². The van der Waals surface area contributed by atoms with Crippen LogP contribution < -0.4 is 15.2 Å². The molecule has 0 amide bonds. The van der Waals surface area contributed by atoms with Crippen molar-refractivity contribution in [3.05, 3.63) is 12.3 Å². The molecule has 0 unspecified atom stereocenters. The van der Waals surface area contributed by atoms with Crippen LogP contribution in [0.2, 0.25) is 13.1 Å². The van der Waals surface area contributed by atoms with Gasteiger partial charge < -0.3 is 24.1 Å². The van der Waals surface area contributed by atoms with Gasteiger partial charge in [-0.05, 0) is 19.5 Å². The normalized spacial score (nSPS) is 11.7. The first-order valence-electron chi connectivity index (χ1n) is 7.01. The molecule has 1 heterocycles. The van der Waals surface area contributed by atoms with Crippen LogP contribution in [0.3, 0.4) is 0 Å². The highest BCUT2D eigenvalue weighted by Gasteiger charge is 2.30. The number of hydrogen-bond donors (Lipinski definition) is 1. The highest BCUT2D eigenvalue weighted by atomic mass is 28.2. The Balaban J connectivity index is 2.57. The van der Waals surface area contributed by atoms with Crippen LogP contribution in [-0.4, -0.2) is 44.5 Å². The van der Waals surface area contributed by atoms with Gasteiger partial charge in [-0.3, -0.25) is 0 Å². The van der Waals surface area contributed by atoms with Gasteiger partial charge in [0.1, 0.15) is 12.0 Å². The van der Waals surface area contributed by atoms with Crippen LogP contribution in [0, 0.1) is 5.41 Å². The summed E-state index contributed by atoms with van der Waals surface area (Å²) >= 11 is 0. The Kier molecular flexibility index (Phi) is 7.87. The summed E-state index contributed by atoms with van der Waals surface area (Å²) < 4.78 is 22.3. The van der Waals surface area contributed by atoms with Crippen molar-refractivity contribution in [3.8, 4) is 11.6 Å². The maximum atomic E-state index is 5.73. The van der Waals surface area contributed by atoms with E-state index in [0.717, 1.165) is 6.42 Å². The van der Waals surface area contributed by atoms with E-state index in [1.165, 1.54) is 6.20 Å². The third-order valence-electron chi connectivity index (χ3n) is 3.17. The van der Waals surface area contributed by atoms with Crippen LogP contribution in [0.25, 0.3) is 0 Å². The summed E-state index contributed by atoms with van der Waals surface area (Å²) in [5, 5.41) is 0. The lowest BCUT2D eigenvalue weighted by atomic mass is 9.89. The number of hydrogen-bond acceptors (Lipinski definition) is 6. The fraction of sp³-hybridized carbons (Fsp3) is 0.643. The van der Waals surface area contributed by atoms with Gasteiger partial charge in [0.25, 0.3) is 0 Å². The quantitative estimate of drug-likeness (QED) is 0.519. The van der Waals surface area contributed by atoms with Crippen molar-refractivity contribution < 1.29 is 18.3 Å². The van der Waals surface area contributed by atoms with Crippen molar-refractivity contribution >= 4 is 25.2 Å². The number of pyridine rings is 1. The first-order chi connectivity index (χ1) is 10.4. The third kappa shape index (κ3) is 5.60. The van der Waals surface area contributed by atoms with Gasteiger partial charge in [0, 0.05) is 11.5 Å². The predicted octanol–water partition coefficient (Wildman–Crippen LogP) is 2.16. The van der Waals surface area contributed by atoms with Gasteiger partial charge in [0.05, 0.1) is 25.6 Å². The maximum absolute atomic E-state index is 5.73. The average Bonchev–Trinajstić information content (AvgIpc) is 2.48. The van der Waals surface area contributed by atoms with Gasteiger partial charge in [0.15, 0.2) is 0 Å². The lowest BCUT2D eigenvalue weighted by Crippen LogP contribution is -2.37. The van der Waals surface area contributed by atoms with Crippen LogP contribution in [0.4, 0.5) is 5.69 Å². The topological polar surface area (TPSA) is 75.8 Å². The highest BCUT2D eigenvalue weighted by molar-refractivity contribution is 6.26. The molecule has 0 aliphatic carbocycles. The lowest BCUT2D eigenvalue weighted by molar-refractivity contribution is -0.0856. The summed E-state index contributed by atoms with van der Waals surface area (Å²) in [5.41, 5.74) is 6.07. The number of methoxy groups -OCH3 is 1. The van der Waals surface area contributed by atoms with Crippen molar-refractivity contribution in [2.45, 2.75) is 39.7 Å². The number of aromatic nitrogens is 1. The molecule has 1 rings (SSSR count). The minimum atomic E-state index is -0.225. The van der Waals surface area contributed by atoms with Crippen molar-refractivity contribution in [2.24, 2.45) is 5.41 Å². The summed E-state index contributed by atoms with van der Waals surface area (Å²) in [6.07, 6.45) is 2.09. The van der Waals surface area contributed by atoms with Gasteiger partial charge in [-0.1, -0.05) is 13.8 Å². The number of nitrogens with zero attached hydrogens (tertiary/aromatic N) is 1. The van der Waals surface area contributed by atoms with E-state index in [0.29, 0.717) is 43.5 Å². The second-order valence-corrected chi connectivity index (χ2v) is 6.62. The standard InChI is InChI=1S/C14H24N2O4Si2/c1-14(2,13(19-21-4)20-22-5)6-7-18-12-8-11(17-3)10(15)9-16-12/h8-9,13H,6-7,15H2,1-5H3. The molecule has 0 aliphatic rings. The Morgan fingerprint density at radius 2 is 1.91 bits per heavy atom. The zero-order chi connectivity index (χ0) is 16.6. The van der Waals surface area contributed by atoms with Crippen molar-refractivity contribution in [1.82, 2.24) is 4.98 Å². The van der Waals surface area contributed by atoms with E-state index in [1.807, 2.05) is 13.1 Å². The Morgan fingerprint density at radius 1 is 1.27 bits per heavy atom. The van der Waals surface area contributed by atoms with Crippen LogP contribution in [0.5, 0.6) is 11.6 Å². The van der Waals surface area contributed by atoms with Crippen molar-refractivity contribution in [3.63, 3.8) is 0 Å². The molecule has 8 heteroatoms. The summed E-state index contributed by atoms with van der Waals surface area (Å²) in [6.45, 7) is 8.71. The molecule has 0 aliphatic heterocycles. The molecule has 0 atom stereocenters. The monoisotopic (exact) mass is 340 g/mol. The van der Waals surface area contributed by atoms with E-state index in [4.69, 9.17) is 24.1 Å². The fourth-order valence-corrected chi connectivity index (χ4v) is 3.04. The summed E-state index contributed by atoms with van der Waals surface area (Å²) in [7, 11) is 2.35. The van der Waals surface area contributed by atoms with E-state index in [2.05, 4.69) is 18.8 Å². The number of nitrogens with two attached hydrogens (primary N) is 1. The van der Waals surface area contributed by atoms with Crippen molar-refractivity contribution in [1.29, 1.82) is 0 Å². The molecule has 0 spiro atoms. The van der Waals surface area contributed by atoms with Gasteiger partial charge in [-0.25, -0.2) is 4.98 Å². The zero-order valence-corrected chi connectivity index (χ0v) is 15.8. The van der Waals surface area contributed by atoms with Gasteiger partial charge in [-0.15, -0.1) is 0 Å². The molecule has 0 bridgehead atoms. The first kappa shape index (κ1) is 19.0. The van der Waals surface area contributed by atoms with E-state index in [1.54, 1.807) is 13.2 Å². The first-order valence-corrected chi connectivity index (χ1v) is 9.83. The SMILES string of the molecule is COc1cc(OCCC(C)(C)C(O[Si]C)O[Si]C)ncc1N. The van der Waals surface area contributed by atoms with E-state index in [9.17, 15) is 0 Å². The summed E-state index contributed by atoms with van der Waals surface area (Å²) in [4.78, 5) is 4.14. The van der Waals surface area contributed by atoms with Crippen LogP contribution in [0.15, 0.2) is 12.3 Å². The van der Waals surface area contributed by atoms with E-state index < -0.39 is 0 Å². The minimum Gasteiger partial charge on any atom is -0.494 e. The molecule has 122 valence electrons. The molecule has 22 heavy (non-hydrogen) atoms. The average molecular weight is 341 g/mol. The van der Waals surface area contributed by atoms with E-state index in [-0.39, 0.29) is 11.7 Å². The third-order valence-corrected chi connectivity index (χ3v) is 4.07. The van der Waals surface area contributed by atoms with Crippen molar-refractivity contribution in [2.75, 3.05) is 19.5 Å². The summed E-state index contributed by atoms with van der Waals surface area (Å²) in [5.74, 6) is 1.06. The zero-order valence-electron chi connectivity index (χ0n) is 13.8. The molecule has 0 saturated heterocycles. The number of ether oxygens (including phenoxy) is 2. The second kappa shape index (κ2) is 9.13. The molecule has 0 saturated carbocycles. The molecule has 1 aromatic rings. The van der Waals surface area contributed by atoms with E-state index >= 15 is 0 Å². The highest BCUT2D eigenvalue weighted by Crippen LogP contribution is 2.29. The predicted molar refractivity (Wildman–Crippen MR) is 88.3 cm³/mol. The number of rotatable bonds is 10. The molecule has 0 fully saturated rings.